The highest BCUT2D eigenvalue weighted by Crippen LogP contribution is 2.21. The predicted octanol–water partition coefficient (Wildman–Crippen LogP) is 2.67. The normalized spacial score (nSPS) is 22.7. The van der Waals surface area contributed by atoms with Gasteiger partial charge in [0.05, 0.1) is 4.90 Å². The summed E-state index contributed by atoms with van der Waals surface area (Å²) >= 11 is 0. The SMILES string of the molecule is CN=C(NCc1cccc(S(=O)(=O)N2CCCCC2)c1)N1CCCC(C)C1. The van der Waals surface area contributed by atoms with Crippen molar-refractivity contribution in [1.82, 2.24) is 14.5 Å². The largest absolute Gasteiger partial charge is 0.352 e. The molecule has 1 unspecified atom stereocenters. The van der Waals surface area contributed by atoms with Gasteiger partial charge in [-0.05, 0) is 49.3 Å². The van der Waals surface area contributed by atoms with Gasteiger partial charge < -0.3 is 10.2 Å². The summed E-state index contributed by atoms with van der Waals surface area (Å²) in [6.07, 6.45) is 5.47. The third-order valence-electron chi connectivity index (χ3n) is 5.47. The molecule has 0 bridgehead atoms. The molecule has 2 aliphatic heterocycles. The van der Waals surface area contributed by atoms with Crippen LogP contribution in [0.4, 0.5) is 0 Å². The molecule has 7 heteroatoms. The van der Waals surface area contributed by atoms with E-state index in [0.29, 0.717) is 30.4 Å². The first-order valence-electron chi connectivity index (χ1n) is 10.1. The average molecular weight is 393 g/mol. The quantitative estimate of drug-likeness (QED) is 0.632. The summed E-state index contributed by atoms with van der Waals surface area (Å²) in [6.45, 7) is 6.14. The molecular formula is C20H32N4O2S. The molecule has 0 spiro atoms. The second-order valence-corrected chi connectivity index (χ2v) is 9.64. The van der Waals surface area contributed by atoms with Crippen LogP contribution in [0.15, 0.2) is 34.2 Å². The van der Waals surface area contributed by atoms with Crippen molar-refractivity contribution in [2.45, 2.75) is 50.5 Å². The minimum Gasteiger partial charge on any atom is -0.352 e. The molecule has 0 amide bonds. The van der Waals surface area contributed by atoms with E-state index in [9.17, 15) is 8.42 Å². The number of guanidine groups is 1. The fourth-order valence-corrected chi connectivity index (χ4v) is 5.55. The van der Waals surface area contributed by atoms with E-state index >= 15 is 0 Å². The fraction of sp³-hybridized carbons (Fsp3) is 0.650. The number of sulfonamides is 1. The first kappa shape index (κ1) is 20.1. The first-order chi connectivity index (χ1) is 13.0. The summed E-state index contributed by atoms with van der Waals surface area (Å²) in [6, 6.07) is 7.30. The van der Waals surface area contributed by atoms with Gasteiger partial charge in [-0.1, -0.05) is 25.5 Å². The van der Waals surface area contributed by atoms with Crippen LogP contribution in [0.25, 0.3) is 0 Å². The Kier molecular flexibility index (Phi) is 6.76. The second kappa shape index (κ2) is 9.06. The van der Waals surface area contributed by atoms with Crippen molar-refractivity contribution in [1.29, 1.82) is 0 Å². The van der Waals surface area contributed by atoms with Crippen LogP contribution in [0.2, 0.25) is 0 Å². The number of nitrogens with one attached hydrogen (secondary N) is 1. The summed E-state index contributed by atoms with van der Waals surface area (Å²) in [5.41, 5.74) is 0.958. The minimum atomic E-state index is -3.39. The Balaban J connectivity index is 1.66. The lowest BCUT2D eigenvalue weighted by Gasteiger charge is -2.33. The van der Waals surface area contributed by atoms with Crippen LogP contribution >= 0.6 is 0 Å². The maximum absolute atomic E-state index is 12.9. The van der Waals surface area contributed by atoms with Crippen molar-refractivity contribution in [2.75, 3.05) is 33.2 Å². The van der Waals surface area contributed by atoms with E-state index in [1.54, 1.807) is 23.5 Å². The number of aliphatic imine (C=N–C) groups is 1. The van der Waals surface area contributed by atoms with Crippen molar-refractivity contribution >= 4 is 16.0 Å². The number of rotatable bonds is 4. The molecule has 1 aromatic rings. The zero-order chi connectivity index (χ0) is 19.3. The standard InChI is InChI=1S/C20H32N4O2S/c1-17-8-7-11-23(16-17)20(21-2)22-15-18-9-6-10-19(14-18)27(25,26)24-12-4-3-5-13-24/h6,9-10,14,17H,3-5,7-8,11-13,15-16H2,1-2H3,(H,21,22). The fourth-order valence-electron chi connectivity index (χ4n) is 3.97. The maximum Gasteiger partial charge on any atom is 0.243 e. The van der Waals surface area contributed by atoms with Gasteiger partial charge in [-0.25, -0.2) is 8.42 Å². The number of piperidine rings is 2. The summed E-state index contributed by atoms with van der Waals surface area (Å²) < 4.78 is 27.4. The highest BCUT2D eigenvalue weighted by atomic mass is 32.2. The monoisotopic (exact) mass is 392 g/mol. The molecule has 3 rings (SSSR count). The molecule has 150 valence electrons. The maximum atomic E-state index is 12.9. The molecule has 2 aliphatic rings. The smallest absolute Gasteiger partial charge is 0.243 e. The van der Waals surface area contributed by atoms with Crippen molar-refractivity contribution in [2.24, 2.45) is 10.9 Å². The zero-order valence-corrected chi connectivity index (χ0v) is 17.3. The van der Waals surface area contributed by atoms with Crippen molar-refractivity contribution in [3.05, 3.63) is 29.8 Å². The van der Waals surface area contributed by atoms with E-state index in [1.165, 1.54) is 12.8 Å². The molecule has 1 aromatic carbocycles. The van der Waals surface area contributed by atoms with Crippen LogP contribution in [0, 0.1) is 5.92 Å². The van der Waals surface area contributed by atoms with Crippen molar-refractivity contribution in [3.8, 4) is 0 Å². The molecule has 0 aromatic heterocycles. The molecule has 0 radical (unpaired) electrons. The third kappa shape index (κ3) is 5.02. The molecule has 2 fully saturated rings. The van der Waals surface area contributed by atoms with Crippen LogP contribution in [0.1, 0.15) is 44.6 Å². The van der Waals surface area contributed by atoms with Crippen molar-refractivity contribution < 1.29 is 8.42 Å². The van der Waals surface area contributed by atoms with Gasteiger partial charge in [0.2, 0.25) is 10.0 Å². The number of nitrogens with zero attached hydrogens (tertiary/aromatic N) is 3. The van der Waals surface area contributed by atoms with Gasteiger partial charge >= 0.3 is 0 Å². The van der Waals surface area contributed by atoms with E-state index in [4.69, 9.17) is 0 Å². The van der Waals surface area contributed by atoms with E-state index in [1.807, 2.05) is 12.1 Å². The summed E-state index contributed by atoms with van der Waals surface area (Å²) in [7, 11) is -1.59. The van der Waals surface area contributed by atoms with Gasteiger partial charge in [0, 0.05) is 39.8 Å². The Morgan fingerprint density at radius 3 is 2.67 bits per heavy atom. The van der Waals surface area contributed by atoms with Crippen LogP contribution in [-0.4, -0.2) is 56.8 Å². The van der Waals surface area contributed by atoms with Gasteiger partial charge in [-0.2, -0.15) is 4.31 Å². The lowest BCUT2D eigenvalue weighted by atomic mass is 10.0. The molecule has 0 saturated carbocycles. The molecule has 27 heavy (non-hydrogen) atoms. The Hall–Kier alpha value is -1.60. The molecule has 1 N–H and O–H groups in total. The third-order valence-corrected chi connectivity index (χ3v) is 7.36. The molecule has 2 saturated heterocycles. The topological polar surface area (TPSA) is 65.0 Å². The van der Waals surface area contributed by atoms with E-state index in [0.717, 1.165) is 43.9 Å². The highest BCUT2D eigenvalue weighted by Gasteiger charge is 2.26. The second-order valence-electron chi connectivity index (χ2n) is 7.71. The van der Waals surface area contributed by atoms with Crippen LogP contribution in [0.5, 0.6) is 0 Å². The number of hydrogen-bond acceptors (Lipinski definition) is 3. The first-order valence-corrected chi connectivity index (χ1v) is 11.5. The lowest BCUT2D eigenvalue weighted by Crippen LogP contribution is -2.45. The highest BCUT2D eigenvalue weighted by molar-refractivity contribution is 7.89. The Morgan fingerprint density at radius 1 is 1.19 bits per heavy atom. The summed E-state index contributed by atoms with van der Waals surface area (Å²) in [4.78, 5) is 7.10. The lowest BCUT2D eigenvalue weighted by molar-refractivity contribution is 0.266. The minimum absolute atomic E-state index is 0.394. The van der Waals surface area contributed by atoms with Crippen LogP contribution < -0.4 is 5.32 Å². The summed E-state index contributed by atoms with van der Waals surface area (Å²) in [5, 5.41) is 3.40. The Labute approximate surface area is 163 Å². The molecular weight excluding hydrogens is 360 g/mol. The van der Waals surface area contributed by atoms with Gasteiger partial charge in [-0.3, -0.25) is 4.99 Å². The average Bonchev–Trinajstić information content (AvgIpc) is 2.69. The molecule has 0 aliphatic carbocycles. The van der Waals surface area contributed by atoms with E-state index in [2.05, 4.69) is 22.1 Å². The Bertz CT molecular complexity index is 757. The summed E-state index contributed by atoms with van der Waals surface area (Å²) in [5.74, 6) is 1.57. The van der Waals surface area contributed by atoms with E-state index < -0.39 is 10.0 Å². The zero-order valence-electron chi connectivity index (χ0n) is 16.5. The van der Waals surface area contributed by atoms with Gasteiger partial charge in [-0.15, -0.1) is 0 Å². The molecule has 1 atom stereocenters. The van der Waals surface area contributed by atoms with Gasteiger partial charge in [0.15, 0.2) is 5.96 Å². The number of hydrogen-bond donors (Lipinski definition) is 1. The molecule has 6 nitrogen and oxygen atoms in total. The van der Waals surface area contributed by atoms with Gasteiger partial charge in [0.1, 0.15) is 0 Å². The number of benzene rings is 1. The van der Waals surface area contributed by atoms with Crippen molar-refractivity contribution in [3.63, 3.8) is 0 Å². The van der Waals surface area contributed by atoms with Crippen LogP contribution in [-0.2, 0) is 16.6 Å². The predicted molar refractivity (Wildman–Crippen MR) is 109 cm³/mol. The van der Waals surface area contributed by atoms with E-state index in [-0.39, 0.29) is 0 Å². The van der Waals surface area contributed by atoms with Gasteiger partial charge in [0.25, 0.3) is 0 Å². The Morgan fingerprint density at radius 2 is 1.96 bits per heavy atom. The molecule has 2 heterocycles. The van der Waals surface area contributed by atoms with Crippen LogP contribution in [0.3, 0.4) is 0 Å². The number of likely N-dealkylation sites (tertiary alicyclic amines) is 1.